The Kier molecular flexibility index (Phi) is 6.86. The van der Waals surface area contributed by atoms with Gasteiger partial charge in [0.2, 0.25) is 0 Å². The van der Waals surface area contributed by atoms with Crippen molar-refractivity contribution in [3.05, 3.63) is 12.2 Å². The standard InChI is InChI=1S/C13H27NO/c1-7-11(3)9-12(14-8-2)10-13(4,5)15-6/h12,14H,3,7-10H2,1-2,4-6H3. The van der Waals surface area contributed by atoms with Crippen LogP contribution in [-0.4, -0.2) is 25.3 Å². The molecule has 0 rings (SSSR count). The highest BCUT2D eigenvalue weighted by atomic mass is 16.5. The number of hydrogen-bond acceptors (Lipinski definition) is 2. The molecule has 0 bridgehead atoms. The van der Waals surface area contributed by atoms with E-state index >= 15 is 0 Å². The second-order valence-corrected chi connectivity index (χ2v) is 4.73. The Labute approximate surface area is 95.1 Å². The Bertz CT molecular complexity index is 187. The zero-order valence-electron chi connectivity index (χ0n) is 11.0. The molecule has 0 aromatic carbocycles. The Morgan fingerprint density at radius 2 is 2.00 bits per heavy atom. The van der Waals surface area contributed by atoms with E-state index in [1.54, 1.807) is 7.11 Å². The molecule has 0 radical (unpaired) electrons. The molecule has 15 heavy (non-hydrogen) atoms. The lowest BCUT2D eigenvalue weighted by Gasteiger charge is -2.29. The van der Waals surface area contributed by atoms with E-state index < -0.39 is 0 Å². The number of nitrogens with one attached hydrogen (secondary N) is 1. The molecule has 2 heteroatoms. The van der Waals surface area contributed by atoms with Crippen LogP contribution in [0.5, 0.6) is 0 Å². The van der Waals surface area contributed by atoms with Gasteiger partial charge in [-0.2, -0.15) is 0 Å². The summed E-state index contributed by atoms with van der Waals surface area (Å²) in [6.45, 7) is 13.6. The molecule has 1 N–H and O–H groups in total. The summed E-state index contributed by atoms with van der Waals surface area (Å²) in [4.78, 5) is 0. The third kappa shape index (κ3) is 6.69. The average molecular weight is 213 g/mol. The first-order chi connectivity index (χ1) is 6.95. The molecule has 2 nitrogen and oxygen atoms in total. The van der Waals surface area contributed by atoms with Gasteiger partial charge in [-0.05, 0) is 39.7 Å². The summed E-state index contributed by atoms with van der Waals surface area (Å²) in [5.74, 6) is 0. The zero-order chi connectivity index (χ0) is 11.9. The molecule has 0 amide bonds. The number of methoxy groups -OCH3 is 1. The van der Waals surface area contributed by atoms with Crippen molar-refractivity contribution in [2.45, 2.75) is 58.6 Å². The minimum Gasteiger partial charge on any atom is -0.379 e. The van der Waals surface area contributed by atoms with Crippen LogP contribution in [0.4, 0.5) is 0 Å². The molecule has 0 heterocycles. The highest BCUT2D eigenvalue weighted by Crippen LogP contribution is 2.20. The molecular formula is C13H27NO. The number of rotatable bonds is 8. The van der Waals surface area contributed by atoms with E-state index in [1.807, 2.05) is 0 Å². The maximum absolute atomic E-state index is 5.46. The van der Waals surface area contributed by atoms with E-state index in [9.17, 15) is 0 Å². The molecule has 0 spiro atoms. The molecule has 0 saturated carbocycles. The van der Waals surface area contributed by atoms with Crippen molar-refractivity contribution in [3.63, 3.8) is 0 Å². The SMILES string of the molecule is C=C(CC)CC(CC(C)(C)OC)NCC. The summed E-state index contributed by atoms with van der Waals surface area (Å²) in [5.41, 5.74) is 1.26. The summed E-state index contributed by atoms with van der Waals surface area (Å²) in [6.07, 6.45) is 3.14. The van der Waals surface area contributed by atoms with Crippen LogP contribution in [0.15, 0.2) is 12.2 Å². The summed E-state index contributed by atoms with van der Waals surface area (Å²) >= 11 is 0. The molecule has 1 unspecified atom stereocenters. The minimum absolute atomic E-state index is 0.0547. The average Bonchev–Trinajstić information content (AvgIpc) is 2.17. The second kappa shape index (κ2) is 7.02. The largest absolute Gasteiger partial charge is 0.379 e. The van der Waals surface area contributed by atoms with E-state index in [-0.39, 0.29) is 5.60 Å². The van der Waals surface area contributed by atoms with Gasteiger partial charge in [0, 0.05) is 13.2 Å². The predicted octanol–water partition coefficient (Wildman–Crippen LogP) is 3.14. The van der Waals surface area contributed by atoms with Gasteiger partial charge in [-0.3, -0.25) is 0 Å². The second-order valence-electron chi connectivity index (χ2n) is 4.73. The van der Waals surface area contributed by atoms with E-state index in [4.69, 9.17) is 4.74 Å². The van der Waals surface area contributed by atoms with Gasteiger partial charge in [0.25, 0.3) is 0 Å². The summed E-state index contributed by atoms with van der Waals surface area (Å²) in [5, 5.41) is 3.50. The first kappa shape index (κ1) is 14.7. The Morgan fingerprint density at radius 3 is 2.40 bits per heavy atom. The predicted molar refractivity (Wildman–Crippen MR) is 67.2 cm³/mol. The zero-order valence-corrected chi connectivity index (χ0v) is 11.0. The van der Waals surface area contributed by atoms with Crippen LogP contribution in [0, 0.1) is 0 Å². The molecule has 0 aliphatic carbocycles. The van der Waals surface area contributed by atoms with Crippen molar-refractivity contribution in [3.8, 4) is 0 Å². The van der Waals surface area contributed by atoms with Crippen molar-refractivity contribution < 1.29 is 4.74 Å². The molecule has 0 fully saturated rings. The molecule has 0 aromatic heterocycles. The van der Waals surface area contributed by atoms with E-state index in [0.717, 1.165) is 25.8 Å². The fraction of sp³-hybridized carbons (Fsp3) is 0.846. The molecule has 0 saturated heterocycles. The fourth-order valence-electron chi connectivity index (χ4n) is 1.67. The van der Waals surface area contributed by atoms with Crippen LogP contribution < -0.4 is 5.32 Å². The van der Waals surface area contributed by atoms with E-state index in [1.165, 1.54) is 5.57 Å². The van der Waals surface area contributed by atoms with Crippen molar-refractivity contribution in [2.24, 2.45) is 0 Å². The first-order valence-corrected chi connectivity index (χ1v) is 5.90. The molecule has 90 valence electrons. The fourth-order valence-corrected chi connectivity index (χ4v) is 1.67. The van der Waals surface area contributed by atoms with Gasteiger partial charge in [-0.15, -0.1) is 0 Å². The van der Waals surface area contributed by atoms with Gasteiger partial charge >= 0.3 is 0 Å². The lowest BCUT2D eigenvalue weighted by molar-refractivity contribution is 0.00723. The van der Waals surface area contributed by atoms with Crippen LogP contribution in [0.2, 0.25) is 0 Å². The van der Waals surface area contributed by atoms with Crippen molar-refractivity contribution >= 4 is 0 Å². The van der Waals surface area contributed by atoms with E-state index in [2.05, 4.69) is 39.6 Å². The monoisotopic (exact) mass is 213 g/mol. The van der Waals surface area contributed by atoms with E-state index in [0.29, 0.717) is 6.04 Å². The maximum atomic E-state index is 5.46. The lowest BCUT2D eigenvalue weighted by Crippen LogP contribution is -2.37. The Hall–Kier alpha value is -0.340. The molecule has 0 aromatic rings. The van der Waals surface area contributed by atoms with Crippen LogP contribution in [-0.2, 0) is 4.74 Å². The summed E-state index contributed by atoms with van der Waals surface area (Å²) in [6, 6.07) is 0.484. The van der Waals surface area contributed by atoms with Gasteiger partial charge < -0.3 is 10.1 Å². The highest BCUT2D eigenvalue weighted by molar-refractivity contribution is 4.97. The van der Waals surface area contributed by atoms with Gasteiger partial charge in [-0.1, -0.05) is 26.0 Å². The molecule has 0 aliphatic heterocycles. The molecular weight excluding hydrogens is 186 g/mol. The topological polar surface area (TPSA) is 21.3 Å². The highest BCUT2D eigenvalue weighted by Gasteiger charge is 2.22. The van der Waals surface area contributed by atoms with Crippen LogP contribution in [0.3, 0.4) is 0 Å². The summed E-state index contributed by atoms with van der Waals surface area (Å²) < 4.78 is 5.46. The summed E-state index contributed by atoms with van der Waals surface area (Å²) in [7, 11) is 1.78. The number of ether oxygens (including phenoxy) is 1. The molecule has 1 atom stereocenters. The van der Waals surface area contributed by atoms with Crippen LogP contribution >= 0.6 is 0 Å². The Balaban J connectivity index is 4.20. The van der Waals surface area contributed by atoms with Crippen LogP contribution in [0.25, 0.3) is 0 Å². The van der Waals surface area contributed by atoms with Gasteiger partial charge in [0.05, 0.1) is 5.60 Å². The first-order valence-electron chi connectivity index (χ1n) is 5.90. The van der Waals surface area contributed by atoms with Crippen molar-refractivity contribution in [2.75, 3.05) is 13.7 Å². The van der Waals surface area contributed by atoms with Crippen LogP contribution in [0.1, 0.15) is 47.0 Å². The lowest BCUT2D eigenvalue weighted by atomic mass is 9.93. The molecule has 0 aliphatic rings. The third-order valence-corrected chi connectivity index (χ3v) is 2.82. The van der Waals surface area contributed by atoms with Gasteiger partial charge in [-0.25, -0.2) is 0 Å². The quantitative estimate of drug-likeness (QED) is 0.625. The van der Waals surface area contributed by atoms with Crippen molar-refractivity contribution in [1.82, 2.24) is 5.32 Å². The smallest absolute Gasteiger partial charge is 0.0637 e. The van der Waals surface area contributed by atoms with Gasteiger partial charge in [0.1, 0.15) is 0 Å². The van der Waals surface area contributed by atoms with Gasteiger partial charge in [0.15, 0.2) is 0 Å². The maximum Gasteiger partial charge on any atom is 0.0637 e. The number of hydrogen-bond donors (Lipinski definition) is 1. The van der Waals surface area contributed by atoms with Crippen molar-refractivity contribution in [1.29, 1.82) is 0 Å². The third-order valence-electron chi connectivity index (χ3n) is 2.82. The Morgan fingerprint density at radius 1 is 1.40 bits per heavy atom. The minimum atomic E-state index is -0.0547. The normalized spacial score (nSPS) is 13.9.